The van der Waals surface area contributed by atoms with E-state index in [4.69, 9.17) is 0 Å². The normalized spacial score (nSPS) is 14.7. The van der Waals surface area contributed by atoms with Gasteiger partial charge in [-0.25, -0.2) is 9.37 Å². The summed E-state index contributed by atoms with van der Waals surface area (Å²) in [4.78, 5) is 3.42. The number of thiophene rings is 1. The first-order valence-corrected chi connectivity index (χ1v) is 7.98. The van der Waals surface area contributed by atoms with Crippen LogP contribution in [0.2, 0.25) is 0 Å². The lowest BCUT2D eigenvalue weighted by molar-refractivity contribution is -0.134. The molecule has 0 bridgehead atoms. The van der Waals surface area contributed by atoms with E-state index in [1.807, 2.05) is 13.8 Å². The van der Waals surface area contributed by atoms with Gasteiger partial charge in [0.15, 0.2) is 5.82 Å². The highest BCUT2D eigenvalue weighted by Gasteiger charge is 2.32. The Morgan fingerprint density at radius 3 is 2.30 bits per heavy atom. The maximum absolute atomic E-state index is 13.2. The molecular weight excluding hydrogens is 333 g/mol. The zero-order chi connectivity index (χ0) is 17.2. The molecule has 0 saturated heterocycles. The summed E-state index contributed by atoms with van der Waals surface area (Å²) in [6, 6.07) is 3.71. The fourth-order valence-corrected chi connectivity index (χ4v) is 3.25. The van der Waals surface area contributed by atoms with Crippen molar-refractivity contribution in [2.24, 2.45) is 0 Å². The minimum atomic E-state index is -4.31. The third kappa shape index (κ3) is 4.50. The van der Waals surface area contributed by atoms with Gasteiger partial charge in [-0.3, -0.25) is 0 Å². The van der Waals surface area contributed by atoms with Crippen molar-refractivity contribution in [3.8, 4) is 0 Å². The molecule has 2 aromatic rings. The van der Waals surface area contributed by atoms with Crippen molar-refractivity contribution < 1.29 is 22.0 Å². The van der Waals surface area contributed by atoms with Crippen LogP contribution in [0.15, 0.2) is 24.4 Å². The van der Waals surface area contributed by atoms with Crippen molar-refractivity contribution in [2.75, 3.05) is 0 Å². The van der Waals surface area contributed by atoms with Crippen LogP contribution in [0, 0.1) is 11.8 Å². The average Bonchev–Trinajstić information content (AvgIpc) is 2.97. The van der Waals surface area contributed by atoms with Crippen LogP contribution < -0.4 is 0 Å². The first-order chi connectivity index (χ1) is 10.7. The standard InChI is InChI=1S/C16H16F5NS/c1-9(11-7-12(17)15(18)22-8-11)3-4-10(2)13-5-6-14(23-13)16(19,20)21/h5-10H,3-4H2,1-2H3. The smallest absolute Gasteiger partial charge is 0.225 e. The van der Waals surface area contributed by atoms with Gasteiger partial charge < -0.3 is 0 Å². The van der Waals surface area contributed by atoms with Gasteiger partial charge in [-0.1, -0.05) is 13.8 Å². The van der Waals surface area contributed by atoms with E-state index in [9.17, 15) is 22.0 Å². The van der Waals surface area contributed by atoms with Crippen LogP contribution in [-0.2, 0) is 6.18 Å². The van der Waals surface area contributed by atoms with Crippen molar-refractivity contribution in [3.63, 3.8) is 0 Å². The van der Waals surface area contributed by atoms with E-state index in [1.165, 1.54) is 12.3 Å². The van der Waals surface area contributed by atoms with E-state index in [0.29, 0.717) is 23.3 Å². The van der Waals surface area contributed by atoms with Crippen molar-refractivity contribution in [3.05, 3.63) is 51.5 Å². The number of nitrogens with zero attached hydrogens (tertiary/aromatic N) is 1. The van der Waals surface area contributed by atoms with E-state index < -0.39 is 22.8 Å². The molecule has 23 heavy (non-hydrogen) atoms. The number of alkyl halides is 3. The quantitative estimate of drug-likeness (QED) is 0.467. The number of halogens is 5. The maximum Gasteiger partial charge on any atom is 0.425 e. The number of pyridine rings is 1. The second kappa shape index (κ2) is 6.95. The fourth-order valence-electron chi connectivity index (χ4n) is 2.28. The number of hydrogen-bond donors (Lipinski definition) is 0. The minimum absolute atomic E-state index is 0.0307. The van der Waals surface area contributed by atoms with Gasteiger partial charge in [0, 0.05) is 11.1 Å². The highest BCUT2D eigenvalue weighted by Crippen LogP contribution is 2.38. The predicted octanol–water partition coefficient (Wildman–Crippen LogP) is 6.13. The minimum Gasteiger partial charge on any atom is -0.225 e. The Labute approximate surface area is 135 Å². The number of rotatable bonds is 5. The summed E-state index contributed by atoms with van der Waals surface area (Å²) in [7, 11) is 0. The lowest BCUT2D eigenvalue weighted by Gasteiger charge is -2.15. The molecule has 2 aromatic heterocycles. The molecule has 2 unspecified atom stereocenters. The summed E-state index contributed by atoms with van der Waals surface area (Å²) in [6.07, 6.45) is -1.72. The highest BCUT2D eigenvalue weighted by atomic mass is 32.1. The van der Waals surface area contributed by atoms with Crippen molar-refractivity contribution in [2.45, 2.75) is 44.7 Å². The molecule has 0 aromatic carbocycles. The molecule has 0 N–H and O–H groups in total. The Morgan fingerprint density at radius 1 is 1.09 bits per heavy atom. The van der Waals surface area contributed by atoms with E-state index in [-0.39, 0.29) is 11.8 Å². The Hall–Kier alpha value is -1.50. The van der Waals surface area contributed by atoms with Gasteiger partial charge in [0.25, 0.3) is 0 Å². The molecule has 0 aliphatic heterocycles. The molecule has 0 radical (unpaired) electrons. The molecular formula is C16H16F5NS. The molecule has 0 aliphatic carbocycles. The van der Waals surface area contributed by atoms with Gasteiger partial charge in [-0.05, 0) is 48.4 Å². The lowest BCUT2D eigenvalue weighted by Crippen LogP contribution is -2.01. The Balaban J connectivity index is 1.96. The average molecular weight is 349 g/mol. The molecule has 0 fully saturated rings. The highest BCUT2D eigenvalue weighted by molar-refractivity contribution is 7.12. The topological polar surface area (TPSA) is 12.9 Å². The summed E-state index contributed by atoms with van der Waals surface area (Å²) < 4.78 is 63.8. The summed E-state index contributed by atoms with van der Waals surface area (Å²) in [6.45, 7) is 3.72. The summed E-state index contributed by atoms with van der Waals surface area (Å²) >= 11 is 0.753. The number of aromatic nitrogens is 1. The Bertz CT molecular complexity index is 665. The molecule has 2 rings (SSSR count). The second-order valence-electron chi connectivity index (χ2n) is 5.62. The van der Waals surface area contributed by atoms with Gasteiger partial charge in [0.2, 0.25) is 5.95 Å². The van der Waals surface area contributed by atoms with Crippen molar-refractivity contribution in [1.82, 2.24) is 4.98 Å². The van der Waals surface area contributed by atoms with E-state index in [2.05, 4.69) is 4.98 Å². The van der Waals surface area contributed by atoms with Crippen LogP contribution >= 0.6 is 11.3 Å². The van der Waals surface area contributed by atoms with E-state index in [1.54, 1.807) is 0 Å². The van der Waals surface area contributed by atoms with Crippen LogP contribution in [-0.4, -0.2) is 4.98 Å². The first kappa shape index (κ1) is 17.8. The lowest BCUT2D eigenvalue weighted by atomic mass is 9.93. The van der Waals surface area contributed by atoms with Crippen LogP contribution in [0.1, 0.15) is 53.8 Å². The van der Waals surface area contributed by atoms with E-state index in [0.717, 1.165) is 23.5 Å². The molecule has 2 atom stereocenters. The van der Waals surface area contributed by atoms with Gasteiger partial charge in [0.05, 0.1) is 0 Å². The molecule has 7 heteroatoms. The molecule has 1 nitrogen and oxygen atoms in total. The first-order valence-electron chi connectivity index (χ1n) is 7.16. The Kier molecular flexibility index (Phi) is 5.39. The molecule has 0 aliphatic rings. The van der Waals surface area contributed by atoms with Gasteiger partial charge >= 0.3 is 6.18 Å². The van der Waals surface area contributed by atoms with E-state index >= 15 is 0 Å². The fraction of sp³-hybridized carbons (Fsp3) is 0.438. The zero-order valence-corrected chi connectivity index (χ0v) is 13.4. The van der Waals surface area contributed by atoms with Crippen LogP contribution in [0.25, 0.3) is 0 Å². The largest absolute Gasteiger partial charge is 0.425 e. The number of hydrogen-bond acceptors (Lipinski definition) is 2. The maximum atomic E-state index is 13.2. The third-order valence-electron chi connectivity index (χ3n) is 3.81. The van der Waals surface area contributed by atoms with Crippen molar-refractivity contribution >= 4 is 11.3 Å². The summed E-state index contributed by atoms with van der Waals surface area (Å²) in [5, 5.41) is 0. The molecule has 0 saturated carbocycles. The van der Waals surface area contributed by atoms with Crippen LogP contribution in [0.3, 0.4) is 0 Å². The second-order valence-corrected chi connectivity index (χ2v) is 6.74. The predicted molar refractivity (Wildman–Crippen MR) is 79.5 cm³/mol. The van der Waals surface area contributed by atoms with Crippen molar-refractivity contribution in [1.29, 1.82) is 0 Å². The summed E-state index contributed by atoms with van der Waals surface area (Å²) in [5.74, 6) is -2.21. The van der Waals surface area contributed by atoms with Crippen LogP contribution in [0.5, 0.6) is 0 Å². The van der Waals surface area contributed by atoms with Gasteiger partial charge in [-0.15, -0.1) is 11.3 Å². The van der Waals surface area contributed by atoms with Gasteiger partial charge in [-0.2, -0.15) is 17.6 Å². The Morgan fingerprint density at radius 2 is 1.74 bits per heavy atom. The third-order valence-corrected chi connectivity index (χ3v) is 5.17. The zero-order valence-electron chi connectivity index (χ0n) is 12.6. The monoisotopic (exact) mass is 349 g/mol. The molecule has 2 heterocycles. The van der Waals surface area contributed by atoms with Gasteiger partial charge in [0.1, 0.15) is 4.88 Å². The van der Waals surface area contributed by atoms with Crippen LogP contribution in [0.4, 0.5) is 22.0 Å². The molecule has 0 spiro atoms. The summed E-state index contributed by atoms with van der Waals surface area (Å²) in [5.41, 5.74) is 0.582. The molecule has 0 amide bonds. The molecule has 126 valence electrons. The SMILES string of the molecule is CC(CCC(C)c1ccc(C(F)(F)F)s1)c1cnc(F)c(F)c1.